The van der Waals surface area contributed by atoms with E-state index in [1.807, 2.05) is 66.7 Å². The molecule has 0 unspecified atom stereocenters. The van der Waals surface area contributed by atoms with Gasteiger partial charge in [0.15, 0.2) is 5.16 Å². The maximum absolute atomic E-state index is 13.2. The Morgan fingerprint density at radius 2 is 1.78 bits per heavy atom. The maximum atomic E-state index is 13.2. The highest BCUT2D eigenvalue weighted by Crippen LogP contribution is 2.21. The minimum atomic E-state index is -0.297. The van der Waals surface area contributed by atoms with Gasteiger partial charge in [-0.15, -0.1) is 0 Å². The summed E-state index contributed by atoms with van der Waals surface area (Å²) in [5.41, 5.74) is 4.49. The van der Waals surface area contributed by atoms with E-state index < -0.39 is 0 Å². The summed E-state index contributed by atoms with van der Waals surface area (Å²) >= 11 is 1.19. The third-order valence-corrected chi connectivity index (χ3v) is 6.33. The quantitative estimate of drug-likeness (QED) is 0.101. The molecule has 3 aromatic carbocycles. The lowest BCUT2D eigenvalue weighted by atomic mass is 10.2. The monoisotopic (exact) mass is 500 g/mol. The molecule has 0 spiro atoms. The second kappa shape index (κ2) is 12.7. The zero-order valence-electron chi connectivity index (χ0n) is 20.1. The van der Waals surface area contributed by atoms with Crippen molar-refractivity contribution in [1.29, 1.82) is 0 Å². The van der Waals surface area contributed by atoms with Gasteiger partial charge in [0.25, 0.3) is 11.5 Å². The Kier molecular flexibility index (Phi) is 8.88. The Hall–Kier alpha value is -3.91. The molecule has 0 aliphatic carbocycles. The second-order valence-electron chi connectivity index (χ2n) is 8.09. The lowest BCUT2D eigenvalue weighted by molar-refractivity contribution is -0.118. The number of benzene rings is 3. The molecule has 36 heavy (non-hydrogen) atoms. The van der Waals surface area contributed by atoms with E-state index in [1.54, 1.807) is 18.3 Å². The van der Waals surface area contributed by atoms with E-state index in [4.69, 9.17) is 4.74 Å². The zero-order valence-corrected chi connectivity index (χ0v) is 20.9. The molecule has 1 heterocycles. The van der Waals surface area contributed by atoms with Crippen molar-refractivity contribution in [2.75, 3.05) is 12.4 Å². The Labute approximate surface area is 214 Å². The molecule has 0 fully saturated rings. The van der Waals surface area contributed by atoms with Gasteiger partial charge in [0.1, 0.15) is 5.75 Å². The smallest absolute Gasteiger partial charge is 0.266 e. The van der Waals surface area contributed by atoms with Crippen molar-refractivity contribution in [2.45, 2.75) is 31.3 Å². The van der Waals surface area contributed by atoms with Gasteiger partial charge < -0.3 is 4.74 Å². The lowest BCUT2D eigenvalue weighted by Gasteiger charge is -2.12. The van der Waals surface area contributed by atoms with Crippen molar-refractivity contribution in [3.05, 3.63) is 94.8 Å². The molecule has 8 heteroatoms. The van der Waals surface area contributed by atoms with Crippen LogP contribution in [-0.4, -0.2) is 34.0 Å². The van der Waals surface area contributed by atoms with E-state index in [9.17, 15) is 9.59 Å². The summed E-state index contributed by atoms with van der Waals surface area (Å²) in [6.45, 7) is 2.87. The summed E-state index contributed by atoms with van der Waals surface area (Å²) < 4.78 is 7.25. The molecule has 1 aromatic heterocycles. The molecule has 1 amide bonds. The minimum Gasteiger partial charge on any atom is -0.494 e. The number of thioether (sulfide) groups is 1. The summed E-state index contributed by atoms with van der Waals surface area (Å²) in [5, 5.41) is 5.02. The third-order valence-electron chi connectivity index (χ3n) is 5.39. The molecule has 0 atom stereocenters. The number of carbonyl (C=O) groups is 1. The number of para-hydroxylation sites is 2. The molecule has 4 aromatic rings. The molecule has 1 N–H and O–H groups in total. The van der Waals surface area contributed by atoms with Crippen LogP contribution in [0.5, 0.6) is 5.75 Å². The van der Waals surface area contributed by atoms with Gasteiger partial charge in [-0.2, -0.15) is 5.10 Å². The van der Waals surface area contributed by atoms with Crippen LogP contribution in [0.15, 0.2) is 93.9 Å². The number of fused-ring (bicyclic) bond motifs is 1. The predicted molar refractivity (Wildman–Crippen MR) is 145 cm³/mol. The first-order chi connectivity index (χ1) is 17.7. The Bertz CT molecular complexity index is 1390. The number of unbranched alkanes of at least 4 members (excludes halogenated alkanes) is 2. The van der Waals surface area contributed by atoms with Crippen LogP contribution in [0.3, 0.4) is 0 Å². The van der Waals surface area contributed by atoms with Gasteiger partial charge in [-0.1, -0.05) is 61.9 Å². The summed E-state index contributed by atoms with van der Waals surface area (Å²) in [6.07, 6.45) is 4.94. The van der Waals surface area contributed by atoms with E-state index in [-0.39, 0.29) is 17.2 Å². The number of carbonyl (C=O) groups excluding carboxylic acids is 1. The van der Waals surface area contributed by atoms with Crippen LogP contribution in [0.25, 0.3) is 16.6 Å². The normalized spacial score (nSPS) is 11.1. The summed E-state index contributed by atoms with van der Waals surface area (Å²) in [6, 6.07) is 24.0. The molecule has 184 valence electrons. The summed E-state index contributed by atoms with van der Waals surface area (Å²) in [4.78, 5) is 30.3. The molecule has 0 aliphatic rings. The van der Waals surface area contributed by atoms with Crippen LogP contribution in [0.2, 0.25) is 0 Å². The van der Waals surface area contributed by atoms with Gasteiger partial charge in [-0.25, -0.2) is 10.4 Å². The van der Waals surface area contributed by atoms with Crippen LogP contribution in [0.1, 0.15) is 31.7 Å². The van der Waals surface area contributed by atoms with Crippen molar-refractivity contribution in [3.63, 3.8) is 0 Å². The zero-order chi connectivity index (χ0) is 25.2. The Morgan fingerprint density at radius 3 is 2.56 bits per heavy atom. The van der Waals surface area contributed by atoms with Crippen LogP contribution < -0.4 is 15.7 Å². The first kappa shape index (κ1) is 25.2. The van der Waals surface area contributed by atoms with Crippen LogP contribution in [-0.2, 0) is 4.79 Å². The average Bonchev–Trinajstić information content (AvgIpc) is 2.91. The van der Waals surface area contributed by atoms with E-state index in [0.29, 0.717) is 28.4 Å². The number of ether oxygens (including phenoxy) is 1. The molecular weight excluding hydrogens is 472 g/mol. The SMILES string of the molecule is CCCCCOc1ccc(/C=N/NC(=O)CSc2nc3ccccc3c(=O)n2-c2ccccc2)cc1. The predicted octanol–water partition coefficient (Wildman–Crippen LogP) is 5.20. The fourth-order valence-corrected chi connectivity index (χ4v) is 4.35. The van der Waals surface area contributed by atoms with E-state index in [0.717, 1.165) is 30.6 Å². The van der Waals surface area contributed by atoms with Crippen LogP contribution >= 0.6 is 11.8 Å². The molecule has 0 aliphatic heterocycles. The number of nitrogens with zero attached hydrogens (tertiary/aromatic N) is 3. The molecular formula is C28H28N4O3S. The number of hydrogen-bond donors (Lipinski definition) is 1. The number of aromatic nitrogens is 2. The van der Waals surface area contributed by atoms with Gasteiger partial charge in [-0.05, 0) is 60.5 Å². The largest absolute Gasteiger partial charge is 0.494 e. The Morgan fingerprint density at radius 1 is 1.03 bits per heavy atom. The Balaban J connectivity index is 1.39. The molecule has 7 nitrogen and oxygen atoms in total. The van der Waals surface area contributed by atoms with Gasteiger partial charge in [0.05, 0.1) is 35.2 Å². The molecule has 0 radical (unpaired) electrons. The summed E-state index contributed by atoms with van der Waals surface area (Å²) in [7, 11) is 0. The van der Waals surface area contributed by atoms with Gasteiger partial charge >= 0.3 is 0 Å². The number of rotatable bonds is 11. The highest BCUT2D eigenvalue weighted by atomic mass is 32.2. The van der Waals surface area contributed by atoms with Crippen molar-refractivity contribution < 1.29 is 9.53 Å². The topological polar surface area (TPSA) is 85.6 Å². The van der Waals surface area contributed by atoms with Crippen LogP contribution in [0, 0.1) is 0 Å². The minimum absolute atomic E-state index is 0.0551. The van der Waals surface area contributed by atoms with Gasteiger partial charge in [0, 0.05) is 0 Å². The van der Waals surface area contributed by atoms with Crippen molar-refractivity contribution in [1.82, 2.24) is 15.0 Å². The number of hydrazone groups is 1. The molecule has 0 saturated heterocycles. The fourth-order valence-electron chi connectivity index (χ4n) is 3.55. The van der Waals surface area contributed by atoms with Gasteiger partial charge in [-0.3, -0.25) is 14.2 Å². The van der Waals surface area contributed by atoms with E-state index in [1.165, 1.54) is 16.3 Å². The first-order valence-corrected chi connectivity index (χ1v) is 12.9. The van der Waals surface area contributed by atoms with Crippen molar-refractivity contribution in [3.8, 4) is 11.4 Å². The maximum Gasteiger partial charge on any atom is 0.266 e. The third kappa shape index (κ3) is 6.60. The van der Waals surface area contributed by atoms with Crippen LogP contribution in [0.4, 0.5) is 0 Å². The number of nitrogens with one attached hydrogen (secondary N) is 1. The number of hydrogen-bond acceptors (Lipinski definition) is 6. The standard InChI is InChI=1S/C28H28N4O3S/c1-2-3-9-18-35-23-16-14-21(15-17-23)19-29-31-26(33)20-36-28-30-25-13-8-7-12-24(25)27(34)32(28)22-10-5-4-6-11-22/h4-8,10-17,19H,2-3,9,18,20H2,1H3,(H,31,33)/b29-19+. The second-order valence-corrected chi connectivity index (χ2v) is 9.04. The number of amides is 1. The van der Waals surface area contributed by atoms with Crippen molar-refractivity contribution >= 4 is 34.8 Å². The highest BCUT2D eigenvalue weighted by molar-refractivity contribution is 7.99. The lowest BCUT2D eigenvalue weighted by Crippen LogP contribution is -2.24. The van der Waals surface area contributed by atoms with Gasteiger partial charge in [0.2, 0.25) is 0 Å². The molecule has 4 rings (SSSR count). The average molecular weight is 501 g/mol. The molecule has 0 saturated carbocycles. The highest BCUT2D eigenvalue weighted by Gasteiger charge is 2.14. The summed E-state index contributed by atoms with van der Waals surface area (Å²) in [5.74, 6) is 0.574. The van der Waals surface area contributed by atoms with Crippen molar-refractivity contribution in [2.24, 2.45) is 5.10 Å². The first-order valence-electron chi connectivity index (χ1n) is 11.9. The van der Waals surface area contributed by atoms with E-state index >= 15 is 0 Å². The van der Waals surface area contributed by atoms with E-state index in [2.05, 4.69) is 22.4 Å². The molecule has 0 bridgehead atoms. The fraction of sp³-hybridized carbons (Fsp3) is 0.214.